The van der Waals surface area contributed by atoms with E-state index in [-0.39, 0.29) is 24.6 Å². The second-order valence-corrected chi connectivity index (χ2v) is 7.98. The summed E-state index contributed by atoms with van der Waals surface area (Å²) in [6, 6.07) is 4.79. The van der Waals surface area contributed by atoms with Gasteiger partial charge in [-0.05, 0) is 25.0 Å². The van der Waals surface area contributed by atoms with Crippen LogP contribution in [0, 0.1) is 0 Å². The number of nitrogens with zero attached hydrogens (tertiary/aromatic N) is 2. The molecule has 0 spiro atoms. The van der Waals surface area contributed by atoms with Crippen molar-refractivity contribution in [3.05, 3.63) is 46.0 Å². The van der Waals surface area contributed by atoms with Crippen LogP contribution in [0.25, 0.3) is 0 Å². The molecule has 2 amide bonds. The lowest BCUT2D eigenvalue weighted by Gasteiger charge is -2.27. The number of thiazole rings is 1. The number of carbonyl (C=O) groups excluding carboxylic acids is 2. The number of nitrogens with one attached hydrogen (secondary N) is 1. The monoisotopic (exact) mass is 425 g/mol. The minimum atomic E-state index is -4.60. The first-order valence-corrected chi connectivity index (χ1v) is 10.0. The van der Waals surface area contributed by atoms with Gasteiger partial charge in [0.1, 0.15) is 6.10 Å². The number of hydrogen-bond acceptors (Lipinski definition) is 5. The number of hydrogen-bond donors (Lipinski definition) is 1. The summed E-state index contributed by atoms with van der Waals surface area (Å²) >= 11 is 1.23. The third-order valence-electron chi connectivity index (χ3n) is 4.93. The molecule has 1 saturated heterocycles. The normalized spacial score (nSPS) is 19.1. The summed E-state index contributed by atoms with van der Waals surface area (Å²) in [7, 11) is 0. The largest absolute Gasteiger partial charge is 0.417 e. The maximum atomic E-state index is 13.2. The highest BCUT2D eigenvalue weighted by molar-refractivity contribution is 7.15. The Morgan fingerprint density at radius 1 is 1.28 bits per heavy atom. The van der Waals surface area contributed by atoms with Crippen LogP contribution < -0.4 is 5.32 Å². The van der Waals surface area contributed by atoms with E-state index in [0.717, 1.165) is 23.1 Å². The van der Waals surface area contributed by atoms with Crippen molar-refractivity contribution in [2.24, 2.45) is 0 Å². The fourth-order valence-electron chi connectivity index (χ4n) is 3.48. The van der Waals surface area contributed by atoms with E-state index in [2.05, 4.69) is 10.3 Å². The number of amides is 2. The van der Waals surface area contributed by atoms with E-state index in [1.54, 1.807) is 0 Å². The molecule has 2 aliphatic rings. The van der Waals surface area contributed by atoms with E-state index < -0.39 is 23.8 Å². The van der Waals surface area contributed by atoms with E-state index in [4.69, 9.17) is 4.74 Å². The van der Waals surface area contributed by atoms with Crippen molar-refractivity contribution in [1.82, 2.24) is 9.88 Å². The van der Waals surface area contributed by atoms with Crippen LogP contribution in [-0.4, -0.2) is 41.0 Å². The van der Waals surface area contributed by atoms with Gasteiger partial charge in [0.25, 0.3) is 11.8 Å². The standard InChI is InChI=1S/C19H18F3N3O3S/c20-19(21,22)12-5-2-1-4-11(12)17(27)25-8-7-13-15(10-25)29-18(23-13)24-16(26)14-6-3-9-28-14/h1-2,4-5,14H,3,6-10H2,(H,23,24,26). The Morgan fingerprint density at radius 2 is 2.07 bits per heavy atom. The first kappa shape index (κ1) is 19.8. The number of benzene rings is 1. The van der Waals surface area contributed by atoms with Crippen LogP contribution in [0.3, 0.4) is 0 Å². The Morgan fingerprint density at radius 3 is 2.79 bits per heavy atom. The Labute approximate surface area is 168 Å². The number of carbonyl (C=O) groups is 2. The number of aromatic nitrogens is 1. The zero-order valence-corrected chi connectivity index (χ0v) is 16.1. The smallest absolute Gasteiger partial charge is 0.368 e. The molecule has 6 nitrogen and oxygen atoms in total. The highest BCUT2D eigenvalue weighted by Crippen LogP contribution is 2.34. The van der Waals surface area contributed by atoms with Gasteiger partial charge in [0.15, 0.2) is 5.13 Å². The highest BCUT2D eigenvalue weighted by atomic mass is 32.1. The summed E-state index contributed by atoms with van der Waals surface area (Å²) in [6.45, 7) is 0.984. The van der Waals surface area contributed by atoms with Crippen molar-refractivity contribution in [1.29, 1.82) is 0 Å². The first-order chi connectivity index (χ1) is 13.8. The van der Waals surface area contributed by atoms with Gasteiger partial charge in [-0.1, -0.05) is 23.5 Å². The topological polar surface area (TPSA) is 71.5 Å². The van der Waals surface area contributed by atoms with Crippen molar-refractivity contribution in [3.63, 3.8) is 0 Å². The summed E-state index contributed by atoms with van der Waals surface area (Å²) in [5.74, 6) is -0.914. The quantitative estimate of drug-likeness (QED) is 0.818. The molecule has 1 unspecified atom stereocenters. The van der Waals surface area contributed by atoms with Gasteiger partial charge in [-0.3, -0.25) is 14.9 Å². The highest BCUT2D eigenvalue weighted by Gasteiger charge is 2.36. The van der Waals surface area contributed by atoms with E-state index in [0.29, 0.717) is 24.6 Å². The fourth-order valence-corrected chi connectivity index (χ4v) is 4.51. The van der Waals surface area contributed by atoms with Crippen LogP contribution in [0.1, 0.15) is 39.3 Å². The van der Waals surface area contributed by atoms with Gasteiger partial charge in [-0.15, -0.1) is 0 Å². The molecule has 2 aliphatic heterocycles. The average Bonchev–Trinajstić information content (AvgIpc) is 3.35. The summed E-state index contributed by atoms with van der Waals surface area (Å²) in [6.07, 6.45) is -3.16. The van der Waals surface area contributed by atoms with E-state index in [1.807, 2.05) is 0 Å². The van der Waals surface area contributed by atoms with Crippen LogP contribution in [0.5, 0.6) is 0 Å². The van der Waals surface area contributed by atoms with Gasteiger partial charge in [-0.2, -0.15) is 13.2 Å². The molecule has 0 saturated carbocycles. The van der Waals surface area contributed by atoms with E-state index in [9.17, 15) is 22.8 Å². The van der Waals surface area contributed by atoms with E-state index >= 15 is 0 Å². The molecule has 1 aromatic carbocycles. The lowest BCUT2D eigenvalue weighted by Crippen LogP contribution is -2.36. The van der Waals surface area contributed by atoms with Gasteiger partial charge in [0, 0.05) is 24.4 Å². The van der Waals surface area contributed by atoms with Crippen LogP contribution in [0.4, 0.5) is 18.3 Å². The second-order valence-electron chi connectivity index (χ2n) is 6.90. The number of fused-ring (bicyclic) bond motifs is 1. The lowest BCUT2D eigenvalue weighted by atomic mass is 10.0. The third-order valence-corrected chi connectivity index (χ3v) is 5.93. The molecule has 1 fully saturated rings. The number of anilines is 1. The van der Waals surface area contributed by atoms with E-state index in [1.165, 1.54) is 34.4 Å². The molecule has 1 aromatic heterocycles. The molecule has 10 heteroatoms. The van der Waals surface area contributed by atoms with Gasteiger partial charge in [-0.25, -0.2) is 4.98 Å². The predicted molar refractivity (Wildman–Crippen MR) is 99.6 cm³/mol. The molecule has 29 heavy (non-hydrogen) atoms. The Balaban J connectivity index is 1.49. The van der Waals surface area contributed by atoms with Crippen LogP contribution in [-0.2, 0) is 28.7 Å². The summed E-state index contributed by atoms with van der Waals surface area (Å²) < 4.78 is 45.1. The van der Waals surface area contributed by atoms with Crippen molar-refractivity contribution >= 4 is 28.3 Å². The molecular formula is C19H18F3N3O3S. The Hall–Kier alpha value is -2.46. The van der Waals surface area contributed by atoms with Crippen molar-refractivity contribution in [2.75, 3.05) is 18.5 Å². The summed E-state index contributed by atoms with van der Waals surface area (Å²) in [5, 5.41) is 3.15. The van der Waals surface area contributed by atoms with Gasteiger partial charge in [0.2, 0.25) is 0 Å². The first-order valence-electron chi connectivity index (χ1n) is 9.19. The molecule has 1 atom stereocenters. The Bertz CT molecular complexity index is 938. The third kappa shape index (κ3) is 4.13. The lowest BCUT2D eigenvalue weighted by molar-refractivity contribution is -0.138. The van der Waals surface area contributed by atoms with Crippen molar-refractivity contribution < 1.29 is 27.5 Å². The fraction of sp³-hybridized carbons (Fsp3) is 0.421. The number of alkyl halides is 3. The van der Waals surface area contributed by atoms with Crippen LogP contribution in [0.15, 0.2) is 24.3 Å². The molecule has 1 N–H and O–H groups in total. The SMILES string of the molecule is O=C(Nc1nc2c(s1)CN(C(=O)c1ccccc1C(F)(F)F)CC2)C1CCCO1. The van der Waals surface area contributed by atoms with Gasteiger partial charge in [0.05, 0.1) is 23.4 Å². The maximum Gasteiger partial charge on any atom is 0.417 e. The Kier molecular flexibility index (Phi) is 5.30. The van der Waals surface area contributed by atoms with Gasteiger partial charge >= 0.3 is 6.18 Å². The minimum absolute atomic E-state index is 0.161. The summed E-state index contributed by atoms with van der Waals surface area (Å²) in [5.41, 5.74) is -0.546. The average molecular weight is 425 g/mol. The predicted octanol–water partition coefficient (Wildman–Crippen LogP) is 3.48. The van der Waals surface area contributed by atoms with Crippen LogP contribution >= 0.6 is 11.3 Å². The van der Waals surface area contributed by atoms with Crippen molar-refractivity contribution in [2.45, 2.75) is 38.1 Å². The molecule has 4 rings (SSSR count). The molecule has 0 aliphatic carbocycles. The van der Waals surface area contributed by atoms with Crippen LogP contribution in [0.2, 0.25) is 0 Å². The molecule has 0 bridgehead atoms. The second kappa shape index (κ2) is 7.75. The zero-order valence-electron chi connectivity index (χ0n) is 15.3. The summed E-state index contributed by atoms with van der Waals surface area (Å²) in [4.78, 5) is 31.5. The van der Waals surface area contributed by atoms with Gasteiger partial charge < -0.3 is 9.64 Å². The zero-order chi connectivity index (χ0) is 20.6. The number of rotatable bonds is 3. The maximum absolute atomic E-state index is 13.2. The van der Waals surface area contributed by atoms with Crippen molar-refractivity contribution in [3.8, 4) is 0 Å². The minimum Gasteiger partial charge on any atom is -0.368 e. The molecule has 154 valence electrons. The molecule has 3 heterocycles. The molecular weight excluding hydrogens is 407 g/mol. The number of halogens is 3. The number of ether oxygens (including phenoxy) is 1. The molecule has 0 radical (unpaired) electrons. The molecule has 2 aromatic rings.